The van der Waals surface area contributed by atoms with Gasteiger partial charge in [0.05, 0.1) is 0 Å². The monoisotopic (exact) mass is 183 g/mol. The van der Waals surface area contributed by atoms with Gasteiger partial charge in [0.1, 0.15) is 0 Å². The topological polar surface area (TPSA) is 0 Å². The van der Waals surface area contributed by atoms with Gasteiger partial charge in [-0.05, 0) is 0 Å². The molecule has 5 heteroatoms. The van der Waals surface area contributed by atoms with E-state index < -0.39 is 0 Å². The first-order valence-electron chi connectivity index (χ1n) is 0. The number of hydrogen-bond donors (Lipinski definition) is 0. The van der Waals surface area contributed by atoms with Crippen molar-refractivity contribution in [3.8, 4) is 0 Å². The molecule has 0 rings (SSSR count). The van der Waals surface area contributed by atoms with Crippen LogP contribution < -0.4 is 18.8 Å². The van der Waals surface area contributed by atoms with E-state index in [1.165, 1.54) is 0 Å². The standard InChI is InChI=1S/Ag.4FH/h;4*1H/p-4. The molecule has 0 aliphatic heterocycles. The predicted molar refractivity (Wildman–Crippen MR) is 0 cm³/mol. The zero-order valence-electron chi connectivity index (χ0n) is 1.81. The van der Waals surface area contributed by atoms with Gasteiger partial charge in [-0.1, -0.05) is 0 Å². The Labute approximate surface area is 41.9 Å². The van der Waals surface area contributed by atoms with Crippen LogP contribution >= 0.6 is 0 Å². The van der Waals surface area contributed by atoms with Gasteiger partial charge in [0.2, 0.25) is 0 Å². The van der Waals surface area contributed by atoms with Crippen LogP contribution in [0.3, 0.4) is 0 Å². The molecule has 0 heterocycles. The summed E-state index contributed by atoms with van der Waals surface area (Å²) in [6, 6.07) is 0. The summed E-state index contributed by atoms with van der Waals surface area (Å²) in [5.74, 6) is 0. The molecule has 0 aromatic heterocycles. The Kier molecular flexibility index (Phi) is 25900. The van der Waals surface area contributed by atoms with Crippen molar-refractivity contribution in [2.75, 3.05) is 0 Å². The summed E-state index contributed by atoms with van der Waals surface area (Å²) in [4.78, 5) is 0. The first-order valence-corrected chi connectivity index (χ1v) is 0. The van der Waals surface area contributed by atoms with Gasteiger partial charge < -0.3 is 18.8 Å². The van der Waals surface area contributed by atoms with E-state index in [9.17, 15) is 0 Å². The molecule has 5 heavy (non-hydrogen) atoms. The summed E-state index contributed by atoms with van der Waals surface area (Å²) in [6.45, 7) is 0. The Balaban J connectivity index is 0. The van der Waals surface area contributed by atoms with E-state index in [-0.39, 0.29) is 41.2 Å². The molecule has 0 atom stereocenters. The van der Waals surface area contributed by atoms with Crippen LogP contribution in [0.15, 0.2) is 0 Å². The zero-order chi connectivity index (χ0) is 0. The molecule has 0 N–H and O–H groups in total. The maximum absolute atomic E-state index is 0. The third-order valence-electron chi connectivity index (χ3n) is 0. The van der Waals surface area contributed by atoms with Crippen LogP contribution in [0.25, 0.3) is 0 Å². The average molecular weight is 184 g/mol. The Morgan fingerprint density at radius 1 is 0.400 bits per heavy atom. The molecule has 0 nitrogen and oxygen atoms in total. The van der Waals surface area contributed by atoms with E-state index in [0.717, 1.165) is 0 Å². The molecule has 0 spiro atoms. The first-order chi connectivity index (χ1) is 0. The van der Waals surface area contributed by atoms with Crippen LogP contribution in [0.4, 0.5) is 0 Å². The molecule has 0 saturated carbocycles. The molecular formula is AgF4-4. The van der Waals surface area contributed by atoms with E-state index in [1.807, 2.05) is 0 Å². The third kappa shape index (κ3) is 127. The summed E-state index contributed by atoms with van der Waals surface area (Å²) in [7, 11) is 0. The third-order valence-corrected chi connectivity index (χ3v) is 0. The van der Waals surface area contributed by atoms with Crippen LogP contribution in [0.1, 0.15) is 0 Å². The smallest absolute Gasteiger partial charge is 0 e. The maximum atomic E-state index is 0. The van der Waals surface area contributed by atoms with Gasteiger partial charge in [-0.15, -0.1) is 0 Å². The van der Waals surface area contributed by atoms with Crippen LogP contribution in [0.2, 0.25) is 0 Å². The van der Waals surface area contributed by atoms with Crippen molar-refractivity contribution < 1.29 is 41.2 Å². The predicted octanol–water partition coefficient (Wildman–Crippen LogP) is -12.0. The van der Waals surface area contributed by atoms with E-state index in [4.69, 9.17) is 0 Å². The molecule has 0 fully saturated rings. The fraction of sp³-hybridized carbons (Fsp3) is 0. The summed E-state index contributed by atoms with van der Waals surface area (Å²) < 4.78 is 0. The van der Waals surface area contributed by atoms with E-state index in [2.05, 4.69) is 0 Å². The van der Waals surface area contributed by atoms with Crippen molar-refractivity contribution in [3.63, 3.8) is 0 Å². The summed E-state index contributed by atoms with van der Waals surface area (Å²) >= 11 is 0. The average Bonchev–Trinajstić information content (AvgIpc) is 0. The number of halogens is 4. The molecular weight excluding hydrogens is 184 g/mol. The molecule has 0 amide bonds. The Hall–Kier alpha value is 0.460. The van der Waals surface area contributed by atoms with Crippen LogP contribution in [0.5, 0.6) is 0 Å². The molecule has 0 unspecified atom stereocenters. The Morgan fingerprint density at radius 2 is 0.400 bits per heavy atom. The SMILES string of the molecule is [Ag].[F-].[F-].[F-].[F-]. The molecule has 0 aliphatic carbocycles. The van der Waals surface area contributed by atoms with Gasteiger partial charge in [-0.2, -0.15) is 0 Å². The van der Waals surface area contributed by atoms with E-state index in [0.29, 0.717) is 0 Å². The zero-order valence-corrected chi connectivity index (χ0v) is 3.30. The largest absolute Gasteiger partial charge is 1.00 e. The molecule has 0 aromatic carbocycles. The minimum atomic E-state index is 0. The second-order valence-electron chi connectivity index (χ2n) is 0. The summed E-state index contributed by atoms with van der Waals surface area (Å²) in [5, 5.41) is 0. The fourth-order valence-corrected chi connectivity index (χ4v) is 0. The summed E-state index contributed by atoms with van der Waals surface area (Å²) in [5.41, 5.74) is 0. The molecule has 0 saturated heterocycles. The van der Waals surface area contributed by atoms with Crippen LogP contribution in [-0.2, 0) is 22.4 Å². The second kappa shape index (κ2) is 252. The Bertz CT molecular complexity index is 3.61. The van der Waals surface area contributed by atoms with Crippen LogP contribution in [0, 0.1) is 0 Å². The van der Waals surface area contributed by atoms with Gasteiger partial charge in [0.15, 0.2) is 0 Å². The van der Waals surface area contributed by atoms with Gasteiger partial charge in [-0.25, -0.2) is 0 Å². The second-order valence-corrected chi connectivity index (χ2v) is 0. The van der Waals surface area contributed by atoms with E-state index >= 15 is 0 Å². The number of hydrogen-bond acceptors (Lipinski definition) is 0. The Morgan fingerprint density at radius 3 is 0.400 bits per heavy atom. The quantitative estimate of drug-likeness (QED) is 0.259. The van der Waals surface area contributed by atoms with Gasteiger partial charge in [0.25, 0.3) is 0 Å². The first kappa shape index (κ1) is 513. The molecule has 0 bridgehead atoms. The molecule has 0 aliphatic rings. The van der Waals surface area contributed by atoms with Crippen molar-refractivity contribution in [2.24, 2.45) is 0 Å². The van der Waals surface area contributed by atoms with Crippen molar-refractivity contribution in [3.05, 3.63) is 0 Å². The maximum Gasteiger partial charge on any atom is 0 e. The van der Waals surface area contributed by atoms with Crippen molar-refractivity contribution >= 4 is 0 Å². The van der Waals surface area contributed by atoms with Gasteiger partial charge in [-0.3, -0.25) is 0 Å². The van der Waals surface area contributed by atoms with Gasteiger partial charge in [0, 0.05) is 22.4 Å². The fourth-order valence-electron chi connectivity index (χ4n) is 0. The van der Waals surface area contributed by atoms with Crippen molar-refractivity contribution in [2.45, 2.75) is 0 Å². The van der Waals surface area contributed by atoms with Gasteiger partial charge >= 0.3 is 0 Å². The minimum Gasteiger partial charge on any atom is -1.00 e. The molecule has 1 radical (unpaired) electrons. The normalized spacial score (nSPS) is 0. The molecule has 43 valence electrons. The molecule has 0 aromatic rings. The minimum absolute atomic E-state index is 0. The van der Waals surface area contributed by atoms with Crippen molar-refractivity contribution in [1.82, 2.24) is 0 Å². The summed E-state index contributed by atoms with van der Waals surface area (Å²) in [6.07, 6.45) is 0. The van der Waals surface area contributed by atoms with E-state index in [1.54, 1.807) is 0 Å². The van der Waals surface area contributed by atoms with Crippen molar-refractivity contribution in [1.29, 1.82) is 0 Å². The van der Waals surface area contributed by atoms with Crippen LogP contribution in [-0.4, -0.2) is 0 Å². The number of rotatable bonds is 0.